The van der Waals surface area contributed by atoms with Gasteiger partial charge in [-0.2, -0.15) is 4.57 Å². The van der Waals surface area contributed by atoms with E-state index >= 15 is 0 Å². The van der Waals surface area contributed by atoms with Crippen molar-refractivity contribution in [1.82, 2.24) is 4.98 Å². The fourth-order valence-corrected chi connectivity index (χ4v) is 3.78. The van der Waals surface area contributed by atoms with Gasteiger partial charge in [-0.1, -0.05) is 36.4 Å². The van der Waals surface area contributed by atoms with Crippen LogP contribution in [0.5, 0.6) is 0 Å². The van der Waals surface area contributed by atoms with E-state index in [1.165, 1.54) is 23.4 Å². The monoisotopic (exact) mass is 410 g/mol. The van der Waals surface area contributed by atoms with Crippen molar-refractivity contribution in [2.24, 2.45) is 0 Å². The zero-order valence-corrected chi connectivity index (χ0v) is 17.0. The molecule has 152 valence electrons. The van der Waals surface area contributed by atoms with Gasteiger partial charge in [-0.25, -0.2) is 4.39 Å². The molecule has 5 heteroatoms. The van der Waals surface area contributed by atoms with Crippen LogP contribution in [-0.2, 0) is 11.2 Å². The Kier molecular flexibility index (Phi) is 4.79. The molecule has 1 amide bonds. The van der Waals surface area contributed by atoms with Crippen LogP contribution < -0.4 is 9.88 Å². The summed E-state index contributed by atoms with van der Waals surface area (Å²) in [6.45, 7) is 2.19. The predicted octanol–water partition coefficient (Wildman–Crippen LogP) is 4.95. The highest BCUT2D eigenvalue weighted by molar-refractivity contribution is 5.92. The van der Waals surface area contributed by atoms with Crippen LogP contribution >= 0.6 is 0 Å². The smallest absolute Gasteiger partial charge is 0.251 e. The molecule has 2 aromatic carbocycles. The zero-order valence-electron chi connectivity index (χ0n) is 17.0. The standard InChI is InChI=1S/C26H20FN3O/c1-17-25-12-9-21(16-30(17)25)19-7-5-18(6-8-19)13-26(31)29-23-10-11-24(28-15-23)20-3-2-4-22(27)14-20/h2-12,14-17H,13H2,1H3/p+1. The summed E-state index contributed by atoms with van der Waals surface area (Å²) >= 11 is 0. The van der Waals surface area contributed by atoms with Crippen LogP contribution in [0.25, 0.3) is 22.4 Å². The number of fused-ring (bicyclic) bond motifs is 1. The second-order valence-electron chi connectivity index (χ2n) is 7.79. The molecule has 31 heavy (non-hydrogen) atoms. The van der Waals surface area contributed by atoms with Crippen molar-refractivity contribution in [1.29, 1.82) is 0 Å². The van der Waals surface area contributed by atoms with Gasteiger partial charge in [-0.15, -0.1) is 0 Å². The summed E-state index contributed by atoms with van der Waals surface area (Å²) in [6.07, 6.45) is 4.03. The van der Waals surface area contributed by atoms with Crippen LogP contribution in [0.1, 0.15) is 24.2 Å². The Labute approximate surface area is 180 Å². The molecule has 0 radical (unpaired) electrons. The molecular weight excluding hydrogens is 389 g/mol. The third kappa shape index (κ3) is 4.08. The molecule has 1 unspecified atom stereocenters. The minimum atomic E-state index is -0.304. The number of nitrogens with zero attached hydrogens (tertiary/aromatic N) is 2. The predicted molar refractivity (Wildman–Crippen MR) is 118 cm³/mol. The molecule has 1 aliphatic rings. The van der Waals surface area contributed by atoms with Gasteiger partial charge in [0.05, 0.1) is 24.0 Å². The average molecular weight is 410 g/mol. The van der Waals surface area contributed by atoms with Gasteiger partial charge in [0.25, 0.3) is 5.69 Å². The number of hydrogen-bond donors (Lipinski definition) is 1. The molecule has 0 fully saturated rings. The quantitative estimate of drug-likeness (QED) is 0.474. The van der Waals surface area contributed by atoms with E-state index in [4.69, 9.17) is 0 Å². The van der Waals surface area contributed by atoms with Crippen LogP contribution in [0.2, 0.25) is 0 Å². The molecule has 1 N–H and O–H groups in total. The largest absolute Gasteiger partial charge is 0.324 e. The van der Waals surface area contributed by atoms with Gasteiger partial charge < -0.3 is 5.32 Å². The van der Waals surface area contributed by atoms with E-state index in [2.05, 4.69) is 40.1 Å². The highest BCUT2D eigenvalue weighted by atomic mass is 19.1. The number of benzene rings is 2. The fraction of sp³-hybridized carbons (Fsp3) is 0.115. The Bertz CT molecular complexity index is 1270. The lowest BCUT2D eigenvalue weighted by Gasteiger charge is -2.07. The Morgan fingerprint density at radius 3 is 2.52 bits per heavy atom. The SMILES string of the molecule is CC1c2ccc(-c3ccc(CC(=O)Nc4ccc(-c5cccc(F)c5)nc4)cc3)c[n+]21. The molecule has 0 spiro atoms. The number of carbonyl (C=O) groups excluding carboxylic acids is 1. The first-order valence-electron chi connectivity index (χ1n) is 10.2. The van der Waals surface area contributed by atoms with Gasteiger partial charge in [0, 0.05) is 24.1 Å². The number of aromatic nitrogens is 2. The van der Waals surface area contributed by atoms with Gasteiger partial charge in [-0.05, 0) is 41.5 Å². The summed E-state index contributed by atoms with van der Waals surface area (Å²) < 4.78 is 15.6. The van der Waals surface area contributed by atoms with Gasteiger partial charge in [0.15, 0.2) is 6.20 Å². The Morgan fingerprint density at radius 2 is 1.81 bits per heavy atom. The van der Waals surface area contributed by atoms with E-state index in [1.807, 2.05) is 24.3 Å². The van der Waals surface area contributed by atoms with Crippen molar-refractivity contribution < 1.29 is 13.8 Å². The maximum Gasteiger partial charge on any atom is 0.251 e. The number of pyridine rings is 2. The molecule has 0 saturated carbocycles. The minimum absolute atomic E-state index is 0.109. The topological polar surface area (TPSA) is 45.9 Å². The lowest BCUT2D eigenvalue weighted by molar-refractivity contribution is -0.589. The van der Waals surface area contributed by atoms with E-state index in [-0.39, 0.29) is 18.1 Å². The highest BCUT2D eigenvalue weighted by Crippen LogP contribution is 2.26. The summed E-state index contributed by atoms with van der Waals surface area (Å²) in [5, 5.41) is 2.87. The first-order valence-corrected chi connectivity index (χ1v) is 10.2. The van der Waals surface area contributed by atoms with Crippen LogP contribution in [0.4, 0.5) is 10.1 Å². The van der Waals surface area contributed by atoms with E-state index < -0.39 is 0 Å². The van der Waals surface area contributed by atoms with Crippen molar-refractivity contribution >= 4 is 11.6 Å². The van der Waals surface area contributed by atoms with E-state index in [0.29, 0.717) is 23.0 Å². The zero-order chi connectivity index (χ0) is 21.4. The molecule has 3 heterocycles. The van der Waals surface area contributed by atoms with Gasteiger partial charge in [0.1, 0.15) is 5.82 Å². The number of nitrogens with one attached hydrogen (secondary N) is 1. The lowest BCUT2D eigenvalue weighted by Crippen LogP contribution is -2.14. The number of hydrogen-bond acceptors (Lipinski definition) is 2. The third-order valence-corrected chi connectivity index (χ3v) is 5.61. The van der Waals surface area contributed by atoms with Crippen LogP contribution in [0.15, 0.2) is 85.2 Å². The molecule has 1 atom stereocenters. The summed E-state index contributed by atoms with van der Waals surface area (Å²) in [7, 11) is 0. The second kappa shape index (κ2) is 7.76. The second-order valence-corrected chi connectivity index (χ2v) is 7.79. The first kappa shape index (κ1) is 19.1. The molecular formula is C26H21FN3O+. The minimum Gasteiger partial charge on any atom is -0.324 e. The highest BCUT2D eigenvalue weighted by Gasteiger charge is 2.40. The number of carbonyl (C=O) groups is 1. The summed E-state index contributed by atoms with van der Waals surface area (Å²) in [5.74, 6) is -0.414. The molecule has 0 bridgehead atoms. The van der Waals surface area contributed by atoms with Crippen molar-refractivity contribution in [3.05, 3.63) is 102 Å². The molecule has 1 aliphatic heterocycles. The molecule has 4 nitrogen and oxygen atoms in total. The number of amides is 1. The van der Waals surface area contributed by atoms with Crippen LogP contribution in [-0.4, -0.2) is 10.9 Å². The Hall–Kier alpha value is -3.86. The first-order chi connectivity index (χ1) is 15.1. The van der Waals surface area contributed by atoms with Crippen molar-refractivity contribution in [2.75, 3.05) is 5.32 Å². The maximum atomic E-state index is 13.4. The fourth-order valence-electron chi connectivity index (χ4n) is 3.78. The Balaban J connectivity index is 1.21. The molecule has 0 aliphatic carbocycles. The van der Waals surface area contributed by atoms with Gasteiger partial charge in [0.2, 0.25) is 11.9 Å². The van der Waals surface area contributed by atoms with Crippen LogP contribution in [0.3, 0.4) is 0 Å². The average Bonchev–Trinajstić information content (AvgIpc) is 3.43. The maximum absolute atomic E-state index is 13.4. The Morgan fingerprint density at radius 1 is 1.00 bits per heavy atom. The van der Waals surface area contributed by atoms with E-state index in [0.717, 1.165) is 11.1 Å². The summed E-state index contributed by atoms with van der Waals surface area (Å²) in [6, 6.07) is 22.7. The molecule has 0 saturated heterocycles. The van der Waals surface area contributed by atoms with Gasteiger partial charge >= 0.3 is 0 Å². The van der Waals surface area contributed by atoms with Crippen molar-refractivity contribution in [3.8, 4) is 22.4 Å². The van der Waals surface area contributed by atoms with Crippen LogP contribution in [0, 0.1) is 5.82 Å². The van der Waals surface area contributed by atoms with E-state index in [1.54, 1.807) is 30.5 Å². The van der Waals surface area contributed by atoms with Crippen molar-refractivity contribution in [3.63, 3.8) is 0 Å². The molecule has 2 aromatic heterocycles. The molecule has 4 aromatic rings. The summed E-state index contributed by atoms with van der Waals surface area (Å²) in [4.78, 5) is 16.8. The lowest BCUT2D eigenvalue weighted by atomic mass is 10.0. The number of halogens is 1. The summed E-state index contributed by atoms with van der Waals surface area (Å²) in [5.41, 5.74) is 6.57. The van der Waals surface area contributed by atoms with Crippen molar-refractivity contribution in [2.45, 2.75) is 19.4 Å². The normalized spacial score (nSPS) is 14.1. The number of rotatable bonds is 5. The van der Waals surface area contributed by atoms with E-state index in [9.17, 15) is 9.18 Å². The molecule has 5 rings (SSSR count). The number of anilines is 1. The van der Waals surface area contributed by atoms with Gasteiger partial charge in [-0.3, -0.25) is 9.78 Å². The third-order valence-electron chi connectivity index (χ3n) is 5.61.